The van der Waals surface area contributed by atoms with Gasteiger partial charge in [-0.05, 0) is 0 Å². The largest absolute Gasteiger partial charge is 4.00 e. The van der Waals surface area contributed by atoms with Gasteiger partial charge in [-0.1, -0.05) is 15.2 Å². The first-order valence-corrected chi connectivity index (χ1v) is 10.1. The van der Waals surface area contributed by atoms with Crippen molar-refractivity contribution in [2.45, 2.75) is 0 Å². The smallest absolute Gasteiger partial charge is 2.00 e. The van der Waals surface area contributed by atoms with Crippen molar-refractivity contribution in [2.75, 3.05) is 38.8 Å². The second-order valence-corrected chi connectivity index (χ2v) is 7.98. The molecule has 0 unspecified atom stereocenters. The molecule has 0 aromatic heterocycles. The second-order valence-electron chi connectivity index (χ2n) is 4.97. The van der Waals surface area contributed by atoms with Gasteiger partial charge in [0.15, 0.2) is 0 Å². The summed E-state index contributed by atoms with van der Waals surface area (Å²) in [6.45, 7) is -3.82. The van der Waals surface area contributed by atoms with Crippen molar-refractivity contribution in [3.05, 3.63) is 0 Å². The van der Waals surface area contributed by atoms with E-state index in [0.29, 0.717) is 9.80 Å². The van der Waals surface area contributed by atoms with Crippen LogP contribution in [-0.2, 0) is 170 Å². The van der Waals surface area contributed by atoms with Crippen LogP contribution in [0.25, 0.3) is 0 Å². The summed E-state index contributed by atoms with van der Waals surface area (Å²) >= 11 is 0. The molecule has 36 heteroatoms. The van der Waals surface area contributed by atoms with Crippen molar-refractivity contribution in [3.8, 4) is 0 Å². The number of carbonyl (C=O) groups excluding carboxylic acids is 4. The molecule has 34 N–H and O–H groups in total. The Hall–Kier alpha value is -0.0444. The Morgan fingerprint density at radius 1 is 0.435 bits per heavy atom. The maximum Gasteiger partial charge on any atom is 4.00 e. The number of nitrogens with zero attached hydrogens (tertiary/aromatic N) is 2. The molecule has 0 rings (SSSR count). The van der Waals surface area contributed by atoms with Gasteiger partial charge in [-0.3, -0.25) is 9.80 Å². The van der Waals surface area contributed by atoms with E-state index in [1.165, 1.54) is 0 Å². The summed E-state index contributed by atoms with van der Waals surface area (Å²) in [4.78, 5) is 81.7. The van der Waals surface area contributed by atoms with Crippen molar-refractivity contribution < 1.29 is 221 Å². The van der Waals surface area contributed by atoms with E-state index < -0.39 is 77.8 Å². The SMILES string of the molecule is O.O.O=C([O-])CN(CC(=O)[O-])CP(=O)([O-])[O-].O=C([O-])CN(CC(=O)[O-])CP(=O)([O-])[O-].[O-2].[O-2].[OH3+].[OH3+].[OH3+].[OH3+].[OH3+].[OH3+].[OH3+].[OH3+].[OH3+].[OH3+].[V+4].[V+4].[Zn+2].[Zn+2]. The van der Waals surface area contributed by atoms with Crippen LogP contribution in [0.3, 0.4) is 0 Å². The van der Waals surface area contributed by atoms with Gasteiger partial charge >= 0.3 is 76.1 Å². The topological polar surface area (TPSA) is 743 Å². The van der Waals surface area contributed by atoms with E-state index >= 15 is 0 Å². The molecule has 0 heterocycles. The van der Waals surface area contributed by atoms with Gasteiger partial charge in [0, 0.05) is 38.8 Å². The van der Waals surface area contributed by atoms with E-state index in [4.69, 9.17) is 0 Å². The Labute approximate surface area is 307 Å². The molecule has 0 atom stereocenters. The van der Waals surface area contributed by atoms with Crippen molar-refractivity contribution in [2.24, 2.45) is 0 Å². The van der Waals surface area contributed by atoms with E-state index in [1.54, 1.807) is 0 Å². The van der Waals surface area contributed by atoms with Gasteiger partial charge < -0.3 is 145 Å². The zero-order valence-electron chi connectivity index (χ0n) is 23.6. The summed E-state index contributed by atoms with van der Waals surface area (Å²) in [5.41, 5.74) is 0. The van der Waals surface area contributed by atoms with Gasteiger partial charge in [-0.25, -0.2) is 0 Å². The fraction of sp³-hybridized carbons (Fsp3) is 0.600. The average Bonchev–Trinajstić information content (AvgIpc) is 2.30. The van der Waals surface area contributed by atoms with Crippen molar-refractivity contribution in [3.63, 3.8) is 0 Å². The molecule has 2 radical (unpaired) electrons. The number of aliphatic carboxylic acids is 4. The minimum absolute atomic E-state index is 0. The molecule has 0 aliphatic rings. The summed E-state index contributed by atoms with van der Waals surface area (Å²) in [6, 6.07) is 0. The molecule has 0 aromatic carbocycles. The van der Waals surface area contributed by atoms with E-state index in [0.717, 1.165) is 0 Å². The van der Waals surface area contributed by atoms with Gasteiger partial charge in [0.2, 0.25) is 0 Å². The minimum atomic E-state index is -4.99. The van der Waals surface area contributed by atoms with E-state index in [9.17, 15) is 68.3 Å². The third kappa shape index (κ3) is 120. The molecule has 278 valence electrons. The van der Waals surface area contributed by atoms with Crippen LogP contribution in [0.4, 0.5) is 0 Å². The quantitative estimate of drug-likeness (QED) is 0.0996. The molecular formula is C10H46N2O28P2V2Zn2+10. The zero-order valence-corrected chi connectivity index (χ0v) is 34.2. The number of rotatable bonds is 12. The monoisotopic (exact) mass is 934 g/mol. The Balaban J connectivity index is -0.0000000117. The molecule has 0 bridgehead atoms. The van der Waals surface area contributed by atoms with Crippen LogP contribution in [0.2, 0.25) is 0 Å². The van der Waals surface area contributed by atoms with Crippen LogP contribution >= 0.6 is 15.2 Å². The van der Waals surface area contributed by atoms with Crippen LogP contribution in [0, 0.1) is 0 Å². The van der Waals surface area contributed by atoms with Crippen LogP contribution < -0.4 is 40.0 Å². The molecule has 0 saturated heterocycles. The Bertz CT molecular complexity index is 601. The second kappa shape index (κ2) is 67.2. The number of carboxylic acids is 4. The average molecular weight is 937 g/mol. The van der Waals surface area contributed by atoms with Crippen molar-refractivity contribution >= 4 is 39.1 Å². The number of hydrogen-bond acceptors (Lipinski definition) is 16. The molecule has 0 aliphatic heterocycles. The Kier molecular flexibility index (Phi) is 201. The minimum Gasteiger partial charge on any atom is -2.00 e. The van der Waals surface area contributed by atoms with Crippen LogP contribution in [0.15, 0.2) is 0 Å². The first kappa shape index (κ1) is 138. The van der Waals surface area contributed by atoms with E-state index in [1.807, 2.05) is 0 Å². The maximum absolute atomic E-state index is 10.2. The molecule has 0 aromatic rings. The van der Waals surface area contributed by atoms with E-state index in [-0.39, 0.29) is 153 Å². The molecule has 0 fully saturated rings. The fourth-order valence-corrected chi connectivity index (χ4v) is 2.91. The molecule has 0 saturated carbocycles. The third-order valence-corrected chi connectivity index (χ3v) is 3.65. The van der Waals surface area contributed by atoms with Gasteiger partial charge in [-0.15, -0.1) is 0 Å². The molecule has 0 amide bonds. The molecular weight excluding hydrogens is 891 g/mol. The predicted molar refractivity (Wildman–Crippen MR) is 125 cm³/mol. The predicted octanol–water partition coefficient (Wildman–Crippen LogP) is -21.8. The third-order valence-electron chi connectivity index (χ3n) is 2.16. The van der Waals surface area contributed by atoms with E-state index in [2.05, 4.69) is 0 Å². The fourth-order valence-electron chi connectivity index (χ4n) is 1.53. The van der Waals surface area contributed by atoms with Crippen LogP contribution in [0.1, 0.15) is 0 Å². The van der Waals surface area contributed by atoms with Crippen LogP contribution in [0.5, 0.6) is 0 Å². The number of hydrogen-bond donors (Lipinski definition) is 0. The summed E-state index contributed by atoms with van der Waals surface area (Å²) in [5, 5.41) is 40.1. The normalized spacial score (nSPS) is 7.09. The van der Waals surface area contributed by atoms with Gasteiger partial charge in [0.25, 0.3) is 0 Å². The molecule has 0 aliphatic carbocycles. The Morgan fingerprint density at radius 3 is 0.609 bits per heavy atom. The van der Waals surface area contributed by atoms with Gasteiger partial charge in [0.1, 0.15) is 0 Å². The summed E-state index contributed by atoms with van der Waals surface area (Å²) in [7, 11) is -9.98. The van der Waals surface area contributed by atoms with Gasteiger partial charge in [0.05, 0.1) is 23.9 Å². The maximum atomic E-state index is 10.2. The van der Waals surface area contributed by atoms with Gasteiger partial charge in [-0.2, -0.15) is 0 Å². The van der Waals surface area contributed by atoms with Crippen molar-refractivity contribution in [1.82, 2.24) is 9.80 Å². The zero-order chi connectivity index (χ0) is 22.7. The molecule has 30 nitrogen and oxygen atoms in total. The Morgan fingerprint density at radius 2 is 0.543 bits per heavy atom. The first-order valence-electron chi connectivity index (χ1n) is 6.67. The number of carbonyl (C=O) groups is 4. The molecule has 0 spiro atoms. The van der Waals surface area contributed by atoms with Crippen LogP contribution in [-0.4, -0.2) is 83.4 Å². The summed E-state index contributed by atoms with van der Waals surface area (Å²) in [5.74, 6) is -6.72. The van der Waals surface area contributed by atoms with Crippen molar-refractivity contribution in [1.29, 1.82) is 0 Å². The first-order chi connectivity index (χ1) is 12.4. The molecule has 46 heavy (non-hydrogen) atoms. The summed E-state index contributed by atoms with van der Waals surface area (Å²) in [6.07, 6.45) is -2.37. The number of carboxylic acid groups (broad SMARTS) is 4. The standard InChI is InChI=1S/2C5H10NO7P.12H2O.2O.2V.2Zn/c2*7-4(8)1-6(2-5(9)10)3-14(11,12)13;;;;;;;;;;;;;;;;;;/h2*1-3H2,(H,7,8)(H,9,10)(H2,11,12,13);12*1H2;;;;;;/q;;;;;;;;;;;;;;2*-2;2*+4;2*+2/p+2. The summed E-state index contributed by atoms with van der Waals surface area (Å²) < 4.78 is 20.4.